The highest BCUT2D eigenvalue weighted by atomic mass is 35.5. The fraction of sp³-hybridized carbons (Fsp3) is 0.174. The third-order valence-electron chi connectivity index (χ3n) is 4.73. The summed E-state index contributed by atoms with van der Waals surface area (Å²) in [4.78, 5) is 24.1. The molecule has 1 aromatic heterocycles. The van der Waals surface area contributed by atoms with E-state index in [4.69, 9.17) is 16.3 Å². The number of carbonyl (C=O) groups excluding carboxylic acids is 2. The molecule has 11 heteroatoms. The lowest BCUT2D eigenvalue weighted by Crippen LogP contribution is -2.22. The lowest BCUT2D eigenvalue weighted by Gasteiger charge is -2.15. The molecule has 0 aliphatic carbocycles. The van der Waals surface area contributed by atoms with Crippen LogP contribution in [0.3, 0.4) is 0 Å². The van der Waals surface area contributed by atoms with Crippen molar-refractivity contribution in [3.8, 4) is 5.69 Å². The topological polar surface area (TPSA) is 73.2 Å². The Bertz CT molecular complexity index is 1250. The third-order valence-corrected chi connectivity index (χ3v) is 5.05. The number of hydrogen-bond donors (Lipinski definition) is 1. The first-order valence-corrected chi connectivity index (χ1v) is 10.2. The van der Waals surface area contributed by atoms with E-state index in [1.807, 2.05) is 5.32 Å². The molecule has 3 aromatic rings. The fourth-order valence-corrected chi connectivity index (χ4v) is 3.35. The highest BCUT2D eigenvalue weighted by molar-refractivity contribution is 6.34. The van der Waals surface area contributed by atoms with Crippen LogP contribution in [0.25, 0.3) is 11.8 Å². The van der Waals surface area contributed by atoms with Gasteiger partial charge in [0.2, 0.25) is 0 Å². The van der Waals surface area contributed by atoms with Crippen molar-refractivity contribution >= 4 is 35.2 Å². The van der Waals surface area contributed by atoms with Gasteiger partial charge >= 0.3 is 12.1 Å². The van der Waals surface area contributed by atoms with E-state index in [1.54, 1.807) is 30.7 Å². The van der Waals surface area contributed by atoms with Crippen molar-refractivity contribution in [1.82, 2.24) is 9.78 Å². The molecule has 0 radical (unpaired) electrons. The van der Waals surface area contributed by atoms with Crippen LogP contribution in [-0.2, 0) is 20.5 Å². The van der Waals surface area contributed by atoms with E-state index in [-0.39, 0.29) is 10.8 Å². The molecule has 1 heterocycles. The van der Waals surface area contributed by atoms with Gasteiger partial charge in [-0.1, -0.05) is 17.7 Å². The van der Waals surface area contributed by atoms with Crippen LogP contribution < -0.4 is 5.32 Å². The summed E-state index contributed by atoms with van der Waals surface area (Å²) in [6.45, 7) is 2.65. The molecule has 178 valence electrons. The largest absolute Gasteiger partial charge is 0.452 e. The average molecular weight is 496 g/mol. The molecule has 0 saturated carbocycles. The van der Waals surface area contributed by atoms with Crippen molar-refractivity contribution < 1.29 is 31.9 Å². The smallest absolute Gasteiger partial charge is 0.418 e. The first kappa shape index (κ1) is 25.0. The van der Waals surface area contributed by atoms with E-state index in [1.165, 1.54) is 24.3 Å². The van der Waals surface area contributed by atoms with Gasteiger partial charge in [0.15, 0.2) is 6.61 Å². The summed E-state index contributed by atoms with van der Waals surface area (Å²) in [7, 11) is 0. The summed E-state index contributed by atoms with van der Waals surface area (Å²) in [5.41, 5.74) is 0.748. The Hall–Kier alpha value is -3.66. The molecule has 0 fully saturated rings. The minimum atomic E-state index is -4.74. The molecule has 0 aliphatic rings. The number of anilines is 1. The average Bonchev–Trinajstić information content (AvgIpc) is 3.05. The highest BCUT2D eigenvalue weighted by Gasteiger charge is 2.34. The monoisotopic (exact) mass is 495 g/mol. The number of alkyl halides is 3. The van der Waals surface area contributed by atoms with Gasteiger partial charge in [0.05, 0.1) is 27.7 Å². The van der Waals surface area contributed by atoms with Gasteiger partial charge in [-0.2, -0.15) is 18.3 Å². The second-order valence-electron chi connectivity index (χ2n) is 7.12. The molecule has 2 aromatic carbocycles. The number of amides is 1. The van der Waals surface area contributed by atoms with Crippen LogP contribution in [-0.4, -0.2) is 28.3 Å². The van der Waals surface area contributed by atoms with E-state index in [0.717, 1.165) is 18.2 Å². The molecule has 0 atom stereocenters. The van der Waals surface area contributed by atoms with Crippen LogP contribution >= 0.6 is 11.6 Å². The van der Waals surface area contributed by atoms with Crippen molar-refractivity contribution in [2.75, 3.05) is 11.9 Å². The molecule has 0 unspecified atom stereocenters. The predicted molar refractivity (Wildman–Crippen MR) is 118 cm³/mol. The van der Waals surface area contributed by atoms with E-state index >= 15 is 0 Å². The quantitative estimate of drug-likeness (QED) is 0.278. The van der Waals surface area contributed by atoms with Crippen LogP contribution in [0.15, 0.2) is 48.5 Å². The first-order valence-electron chi connectivity index (χ1n) is 9.80. The zero-order valence-electron chi connectivity index (χ0n) is 17.9. The lowest BCUT2D eigenvalue weighted by molar-refractivity contribution is -0.142. The molecule has 0 saturated heterocycles. The van der Waals surface area contributed by atoms with Gasteiger partial charge in [-0.3, -0.25) is 4.79 Å². The van der Waals surface area contributed by atoms with Gasteiger partial charge < -0.3 is 10.1 Å². The maximum atomic E-state index is 13.2. The number of aryl methyl sites for hydroxylation is 1. The Morgan fingerprint density at radius 2 is 1.82 bits per heavy atom. The molecule has 3 rings (SSSR count). The van der Waals surface area contributed by atoms with Crippen LogP contribution in [0.4, 0.5) is 23.2 Å². The molecule has 1 amide bonds. The second-order valence-corrected chi connectivity index (χ2v) is 7.53. The maximum absolute atomic E-state index is 13.2. The number of nitrogens with one attached hydrogen (secondary N) is 1. The van der Waals surface area contributed by atoms with Gasteiger partial charge in [0.25, 0.3) is 5.91 Å². The molecule has 34 heavy (non-hydrogen) atoms. The highest BCUT2D eigenvalue weighted by Crippen LogP contribution is 2.38. The van der Waals surface area contributed by atoms with Crippen LogP contribution in [0.5, 0.6) is 0 Å². The summed E-state index contributed by atoms with van der Waals surface area (Å²) in [6.07, 6.45) is -2.23. The number of ether oxygens (including phenoxy) is 1. The van der Waals surface area contributed by atoms with Crippen molar-refractivity contribution in [3.05, 3.63) is 81.9 Å². The Balaban J connectivity index is 1.65. The van der Waals surface area contributed by atoms with Gasteiger partial charge in [-0.15, -0.1) is 0 Å². The van der Waals surface area contributed by atoms with E-state index in [9.17, 15) is 27.2 Å². The van der Waals surface area contributed by atoms with Crippen molar-refractivity contribution in [3.63, 3.8) is 0 Å². The Morgan fingerprint density at radius 3 is 2.47 bits per heavy atom. The van der Waals surface area contributed by atoms with Gasteiger partial charge in [0, 0.05) is 17.3 Å². The van der Waals surface area contributed by atoms with Crippen LogP contribution in [0.2, 0.25) is 5.02 Å². The molecule has 0 bridgehead atoms. The Labute approximate surface area is 196 Å². The molecule has 1 N–H and O–H groups in total. The van der Waals surface area contributed by atoms with Crippen molar-refractivity contribution in [2.45, 2.75) is 20.0 Å². The van der Waals surface area contributed by atoms with Crippen molar-refractivity contribution in [2.24, 2.45) is 0 Å². The van der Waals surface area contributed by atoms with E-state index in [0.29, 0.717) is 22.6 Å². The Morgan fingerprint density at radius 1 is 1.15 bits per heavy atom. The third kappa shape index (κ3) is 5.82. The number of aromatic nitrogens is 2. The number of carbonyl (C=O) groups is 2. The molecule has 6 nitrogen and oxygen atoms in total. The van der Waals surface area contributed by atoms with E-state index < -0.39 is 35.9 Å². The molecule has 0 spiro atoms. The number of para-hydroxylation sites is 1. The molecular weight excluding hydrogens is 478 g/mol. The number of halogens is 5. The summed E-state index contributed by atoms with van der Waals surface area (Å²) in [6, 6.07) is 8.77. The summed E-state index contributed by atoms with van der Waals surface area (Å²) < 4.78 is 58.9. The second kappa shape index (κ2) is 10.1. The fourth-order valence-electron chi connectivity index (χ4n) is 3.13. The Kier molecular flexibility index (Phi) is 7.41. The zero-order valence-corrected chi connectivity index (χ0v) is 18.7. The maximum Gasteiger partial charge on any atom is 0.418 e. The standard InChI is InChI=1S/C23H18ClF4N3O3/c1-13-17(14(2)31(30-13)16-8-6-15(25)7-9-16)10-11-21(33)34-12-20(32)29-22-18(23(26,27)28)4-3-5-19(22)24/h3-11H,12H2,1-2H3,(H,29,32). The molecular formula is C23H18ClF4N3O3. The predicted octanol–water partition coefficient (Wildman–Crippen LogP) is 5.50. The van der Waals surface area contributed by atoms with Crippen LogP contribution in [0, 0.1) is 19.7 Å². The van der Waals surface area contributed by atoms with Gasteiger partial charge in [-0.25, -0.2) is 13.9 Å². The number of rotatable bonds is 6. The summed E-state index contributed by atoms with van der Waals surface area (Å²) in [5, 5.41) is 6.09. The number of nitrogens with zero attached hydrogens (tertiary/aromatic N) is 2. The minimum absolute atomic E-state index is 0.307. The first-order chi connectivity index (χ1) is 16.0. The van der Waals surface area contributed by atoms with Gasteiger partial charge in [-0.05, 0) is 56.3 Å². The summed E-state index contributed by atoms with van der Waals surface area (Å²) in [5.74, 6) is -2.27. The lowest BCUT2D eigenvalue weighted by atomic mass is 10.1. The van der Waals surface area contributed by atoms with Gasteiger partial charge in [0.1, 0.15) is 5.82 Å². The zero-order chi connectivity index (χ0) is 25.0. The van der Waals surface area contributed by atoms with E-state index in [2.05, 4.69) is 5.10 Å². The number of benzene rings is 2. The number of esters is 1. The van der Waals surface area contributed by atoms with Crippen LogP contribution in [0.1, 0.15) is 22.5 Å². The normalized spacial score (nSPS) is 11.6. The SMILES string of the molecule is Cc1nn(-c2ccc(F)cc2)c(C)c1C=CC(=O)OCC(=O)Nc1c(Cl)cccc1C(F)(F)F. The molecule has 0 aliphatic heterocycles. The van der Waals surface area contributed by atoms with Crippen molar-refractivity contribution in [1.29, 1.82) is 0 Å². The number of hydrogen-bond acceptors (Lipinski definition) is 4. The minimum Gasteiger partial charge on any atom is -0.452 e. The summed E-state index contributed by atoms with van der Waals surface area (Å²) >= 11 is 5.78.